The Kier molecular flexibility index (Phi) is 4.66. The van der Waals surface area contributed by atoms with Gasteiger partial charge >= 0.3 is 0 Å². The SMILES string of the molecule is COCc1cccc(CNc2ncc(Br)cn2)c1. The minimum atomic E-state index is 0.621. The van der Waals surface area contributed by atoms with E-state index in [0.717, 1.165) is 10.0 Å². The number of anilines is 1. The van der Waals surface area contributed by atoms with Crippen molar-refractivity contribution in [1.29, 1.82) is 0 Å². The molecule has 4 nitrogen and oxygen atoms in total. The van der Waals surface area contributed by atoms with Crippen LogP contribution >= 0.6 is 15.9 Å². The number of hydrogen-bond donors (Lipinski definition) is 1. The van der Waals surface area contributed by atoms with Crippen LogP contribution in [0.3, 0.4) is 0 Å². The summed E-state index contributed by atoms with van der Waals surface area (Å²) in [4.78, 5) is 8.32. The van der Waals surface area contributed by atoms with Crippen LogP contribution in [0, 0.1) is 0 Å². The first-order valence-corrected chi connectivity index (χ1v) is 6.35. The Morgan fingerprint density at radius 2 is 1.94 bits per heavy atom. The van der Waals surface area contributed by atoms with Crippen LogP contribution in [0.4, 0.5) is 5.95 Å². The summed E-state index contributed by atoms with van der Waals surface area (Å²) >= 11 is 3.30. The van der Waals surface area contributed by atoms with E-state index in [-0.39, 0.29) is 0 Å². The van der Waals surface area contributed by atoms with Gasteiger partial charge in [-0.25, -0.2) is 9.97 Å². The summed E-state index contributed by atoms with van der Waals surface area (Å²) in [5.74, 6) is 0.621. The van der Waals surface area contributed by atoms with Crippen molar-refractivity contribution in [1.82, 2.24) is 9.97 Å². The zero-order valence-electron chi connectivity index (χ0n) is 10.1. The van der Waals surface area contributed by atoms with Crippen LogP contribution in [0.1, 0.15) is 11.1 Å². The zero-order chi connectivity index (χ0) is 12.8. The molecule has 0 spiro atoms. The lowest BCUT2D eigenvalue weighted by Crippen LogP contribution is -2.03. The highest BCUT2D eigenvalue weighted by Gasteiger charge is 1.98. The lowest BCUT2D eigenvalue weighted by Gasteiger charge is -2.06. The van der Waals surface area contributed by atoms with Gasteiger partial charge in [0.1, 0.15) is 0 Å². The predicted molar refractivity (Wildman–Crippen MR) is 74.2 cm³/mol. The highest BCUT2D eigenvalue weighted by Crippen LogP contribution is 2.10. The minimum absolute atomic E-state index is 0.621. The Labute approximate surface area is 115 Å². The topological polar surface area (TPSA) is 47.0 Å². The Morgan fingerprint density at radius 1 is 1.22 bits per heavy atom. The first-order valence-electron chi connectivity index (χ1n) is 5.56. The molecule has 2 rings (SSSR count). The second-order valence-electron chi connectivity index (χ2n) is 3.83. The fourth-order valence-corrected chi connectivity index (χ4v) is 1.79. The number of ether oxygens (including phenoxy) is 1. The minimum Gasteiger partial charge on any atom is -0.380 e. The predicted octanol–water partition coefficient (Wildman–Crippen LogP) is 3.00. The van der Waals surface area contributed by atoms with Crippen molar-refractivity contribution >= 4 is 21.9 Å². The summed E-state index contributed by atoms with van der Waals surface area (Å²) in [5.41, 5.74) is 2.34. The van der Waals surface area contributed by atoms with Crippen LogP contribution in [0.25, 0.3) is 0 Å². The summed E-state index contributed by atoms with van der Waals surface area (Å²) in [5, 5.41) is 3.17. The second-order valence-corrected chi connectivity index (χ2v) is 4.75. The molecule has 1 aromatic carbocycles. The molecule has 5 heteroatoms. The average Bonchev–Trinajstić information content (AvgIpc) is 2.39. The van der Waals surface area contributed by atoms with Crippen molar-refractivity contribution in [3.8, 4) is 0 Å². The van der Waals surface area contributed by atoms with Crippen molar-refractivity contribution < 1.29 is 4.74 Å². The summed E-state index contributed by atoms with van der Waals surface area (Å²) in [6, 6.07) is 8.23. The highest BCUT2D eigenvalue weighted by atomic mass is 79.9. The molecule has 0 saturated heterocycles. The van der Waals surface area contributed by atoms with Gasteiger partial charge in [0.15, 0.2) is 0 Å². The monoisotopic (exact) mass is 307 g/mol. The third-order valence-corrected chi connectivity index (χ3v) is 2.78. The maximum atomic E-state index is 5.11. The van der Waals surface area contributed by atoms with Crippen molar-refractivity contribution in [3.63, 3.8) is 0 Å². The molecule has 0 unspecified atom stereocenters. The standard InChI is InChI=1S/C13H14BrN3O/c1-18-9-11-4-2-3-10(5-11)6-15-13-16-7-12(14)8-17-13/h2-5,7-8H,6,9H2,1H3,(H,15,16,17). The van der Waals surface area contributed by atoms with Gasteiger partial charge in [-0.1, -0.05) is 24.3 Å². The molecule has 0 amide bonds. The Hall–Kier alpha value is -1.46. The molecule has 1 heterocycles. The fourth-order valence-electron chi connectivity index (χ4n) is 1.58. The van der Waals surface area contributed by atoms with E-state index in [2.05, 4.69) is 43.3 Å². The number of benzene rings is 1. The number of rotatable bonds is 5. The molecule has 1 aromatic heterocycles. The van der Waals surface area contributed by atoms with Gasteiger partial charge < -0.3 is 10.1 Å². The van der Waals surface area contributed by atoms with Crippen molar-refractivity contribution in [2.45, 2.75) is 13.2 Å². The van der Waals surface area contributed by atoms with Gasteiger partial charge in [-0.05, 0) is 27.1 Å². The van der Waals surface area contributed by atoms with Crippen LogP contribution in [0.5, 0.6) is 0 Å². The molecule has 18 heavy (non-hydrogen) atoms. The molecule has 0 atom stereocenters. The van der Waals surface area contributed by atoms with E-state index in [1.54, 1.807) is 19.5 Å². The lowest BCUT2D eigenvalue weighted by atomic mass is 10.1. The lowest BCUT2D eigenvalue weighted by molar-refractivity contribution is 0.185. The molecular weight excluding hydrogens is 294 g/mol. The van der Waals surface area contributed by atoms with E-state index in [4.69, 9.17) is 4.74 Å². The van der Waals surface area contributed by atoms with Gasteiger partial charge in [-0.2, -0.15) is 0 Å². The van der Waals surface area contributed by atoms with E-state index in [1.807, 2.05) is 12.1 Å². The number of nitrogens with one attached hydrogen (secondary N) is 1. The Morgan fingerprint density at radius 3 is 2.67 bits per heavy atom. The molecule has 94 valence electrons. The van der Waals surface area contributed by atoms with Gasteiger partial charge in [0.05, 0.1) is 11.1 Å². The summed E-state index contributed by atoms with van der Waals surface area (Å²) in [7, 11) is 1.70. The van der Waals surface area contributed by atoms with Crippen LogP contribution in [0.2, 0.25) is 0 Å². The Bertz CT molecular complexity index is 502. The average molecular weight is 308 g/mol. The molecule has 1 N–H and O–H groups in total. The van der Waals surface area contributed by atoms with Gasteiger partial charge in [0.2, 0.25) is 5.95 Å². The van der Waals surface area contributed by atoms with E-state index in [0.29, 0.717) is 19.1 Å². The number of methoxy groups -OCH3 is 1. The normalized spacial score (nSPS) is 10.3. The third kappa shape index (κ3) is 3.78. The summed E-state index contributed by atoms with van der Waals surface area (Å²) < 4.78 is 5.98. The number of aromatic nitrogens is 2. The maximum absolute atomic E-state index is 5.11. The van der Waals surface area contributed by atoms with Crippen LogP contribution in [0.15, 0.2) is 41.1 Å². The van der Waals surface area contributed by atoms with Crippen molar-refractivity contribution in [2.75, 3.05) is 12.4 Å². The maximum Gasteiger partial charge on any atom is 0.222 e. The van der Waals surface area contributed by atoms with Gasteiger partial charge in [0, 0.05) is 26.0 Å². The summed E-state index contributed by atoms with van der Waals surface area (Å²) in [6.07, 6.45) is 3.44. The first kappa shape index (κ1) is 13.0. The second kappa shape index (κ2) is 6.47. The number of nitrogens with zero attached hydrogens (tertiary/aromatic N) is 2. The van der Waals surface area contributed by atoms with E-state index >= 15 is 0 Å². The highest BCUT2D eigenvalue weighted by molar-refractivity contribution is 9.10. The molecule has 0 aliphatic rings. The van der Waals surface area contributed by atoms with Gasteiger partial charge in [0.25, 0.3) is 0 Å². The van der Waals surface area contributed by atoms with Crippen LogP contribution in [-0.4, -0.2) is 17.1 Å². The number of halogens is 1. The third-order valence-electron chi connectivity index (χ3n) is 2.37. The molecule has 0 fully saturated rings. The van der Waals surface area contributed by atoms with Crippen molar-refractivity contribution in [2.24, 2.45) is 0 Å². The molecule has 0 radical (unpaired) electrons. The smallest absolute Gasteiger partial charge is 0.222 e. The molecule has 0 aliphatic heterocycles. The van der Waals surface area contributed by atoms with Crippen molar-refractivity contribution in [3.05, 3.63) is 52.3 Å². The van der Waals surface area contributed by atoms with Crippen LogP contribution < -0.4 is 5.32 Å². The van der Waals surface area contributed by atoms with Gasteiger partial charge in [-0.3, -0.25) is 0 Å². The van der Waals surface area contributed by atoms with E-state index in [1.165, 1.54) is 5.56 Å². The molecule has 0 saturated carbocycles. The largest absolute Gasteiger partial charge is 0.380 e. The van der Waals surface area contributed by atoms with E-state index < -0.39 is 0 Å². The van der Waals surface area contributed by atoms with E-state index in [9.17, 15) is 0 Å². The Balaban J connectivity index is 1.97. The fraction of sp³-hybridized carbons (Fsp3) is 0.231. The van der Waals surface area contributed by atoms with Crippen LogP contribution in [-0.2, 0) is 17.9 Å². The summed E-state index contributed by atoms with van der Waals surface area (Å²) in [6.45, 7) is 1.32. The molecular formula is C13H14BrN3O. The number of hydrogen-bond acceptors (Lipinski definition) is 4. The molecule has 0 aliphatic carbocycles. The quantitative estimate of drug-likeness (QED) is 0.922. The van der Waals surface area contributed by atoms with Gasteiger partial charge in [-0.15, -0.1) is 0 Å². The zero-order valence-corrected chi connectivity index (χ0v) is 11.6. The first-order chi connectivity index (χ1) is 8.78. The molecule has 2 aromatic rings. The molecule has 0 bridgehead atoms.